The summed E-state index contributed by atoms with van der Waals surface area (Å²) < 4.78 is 0. The zero-order chi connectivity index (χ0) is 11.4. The van der Waals surface area contributed by atoms with E-state index in [1.54, 1.807) is 7.05 Å². The quantitative estimate of drug-likeness (QED) is 0.460. The van der Waals surface area contributed by atoms with Crippen LogP contribution in [0.2, 0.25) is 0 Å². The Bertz CT molecular complexity index is 369. The molecule has 0 aliphatic heterocycles. The molecule has 17 heavy (non-hydrogen) atoms. The molecule has 0 spiro atoms. The molecule has 8 heteroatoms. The molecular weight excluding hydrogens is 333 g/mol. The van der Waals surface area contributed by atoms with Crippen LogP contribution in [0.4, 0.5) is 0 Å². The van der Waals surface area contributed by atoms with Crippen LogP contribution in [-0.2, 0) is 13.6 Å². The predicted octanol–water partition coefficient (Wildman–Crippen LogP) is 0.175. The van der Waals surface area contributed by atoms with Crippen molar-refractivity contribution in [2.24, 2.45) is 17.8 Å². The van der Waals surface area contributed by atoms with Crippen LogP contribution in [0.5, 0.6) is 0 Å². The van der Waals surface area contributed by atoms with Gasteiger partial charge in [-0.05, 0) is 18.1 Å². The maximum absolute atomic E-state index is 5.76. The Hall–Kier alpha value is -0.930. The first kappa shape index (κ1) is 14.1. The molecule has 0 aromatic carbocycles. The van der Waals surface area contributed by atoms with Crippen LogP contribution in [0.15, 0.2) is 4.99 Å². The third-order valence-electron chi connectivity index (χ3n) is 2.65. The molecule has 1 aliphatic rings. The van der Waals surface area contributed by atoms with Crippen LogP contribution < -0.4 is 11.1 Å². The van der Waals surface area contributed by atoms with Crippen molar-refractivity contribution in [3.63, 3.8) is 0 Å². The lowest BCUT2D eigenvalue weighted by Crippen LogP contribution is -2.38. The number of halogens is 1. The number of guanidine groups is 1. The lowest BCUT2D eigenvalue weighted by molar-refractivity contribution is 0.622. The van der Waals surface area contributed by atoms with Crippen molar-refractivity contribution < 1.29 is 0 Å². The summed E-state index contributed by atoms with van der Waals surface area (Å²) in [7, 11) is 1.72. The molecule has 0 bridgehead atoms. The van der Waals surface area contributed by atoms with Crippen molar-refractivity contribution in [3.8, 4) is 0 Å². The van der Waals surface area contributed by atoms with Crippen LogP contribution in [-0.4, -0.2) is 32.2 Å². The minimum Gasteiger partial charge on any atom is -0.370 e. The molecule has 0 amide bonds. The molecule has 96 valence electrons. The van der Waals surface area contributed by atoms with Gasteiger partial charge in [0, 0.05) is 6.04 Å². The number of nitrogens with one attached hydrogen (secondary N) is 1. The summed E-state index contributed by atoms with van der Waals surface area (Å²) in [6.45, 7) is 0.374. The molecule has 1 aliphatic carbocycles. The highest BCUT2D eigenvalue weighted by molar-refractivity contribution is 14.0. The summed E-state index contributed by atoms with van der Waals surface area (Å²) in [5, 5.41) is 14.8. The zero-order valence-corrected chi connectivity index (χ0v) is 12.2. The molecule has 1 saturated carbocycles. The number of aromatic nitrogens is 4. The summed E-state index contributed by atoms with van der Waals surface area (Å²) in [5.41, 5.74) is 5.76. The van der Waals surface area contributed by atoms with E-state index in [2.05, 4.69) is 25.7 Å². The molecule has 3 N–H and O–H groups in total. The average Bonchev–Trinajstić information content (AvgIpc) is 2.87. The van der Waals surface area contributed by atoms with E-state index in [0.717, 1.165) is 0 Å². The van der Waals surface area contributed by atoms with Crippen molar-refractivity contribution >= 4 is 29.9 Å². The van der Waals surface area contributed by atoms with Crippen LogP contribution >= 0.6 is 24.0 Å². The number of tetrazole rings is 1. The number of nitrogens with zero attached hydrogens (tertiary/aromatic N) is 5. The second kappa shape index (κ2) is 6.72. The third kappa shape index (κ3) is 4.44. The molecule has 2 rings (SSSR count). The van der Waals surface area contributed by atoms with Gasteiger partial charge in [0.1, 0.15) is 6.54 Å². The summed E-state index contributed by atoms with van der Waals surface area (Å²) in [6, 6.07) is 0.485. The largest absolute Gasteiger partial charge is 0.370 e. The Morgan fingerprint density at radius 3 is 2.82 bits per heavy atom. The van der Waals surface area contributed by atoms with Crippen molar-refractivity contribution in [2.45, 2.75) is 38.3 Å². The van der Waals surface area contributed by atoms with E-state index in [4.69, 9.17) is 5.73 Å². The molecule has 1 fully saturated rings. The zero-order valence-electron chi connectivity index (χ0n) is 9.83. The Balaban J connectivity index is 0.00000144. The Morgan fingerprint density at radius 1 is 1.53 bits per heavy atom. The highest BCUT2D eigenvalue weighted by Gasteiger charge is 2.14. The van der Waals surface area contributed by atoms with E-state index >= 15 is 0 Å². The summed E-state index contributed by atoms with van der Waals surface area (Å²) >= 11 is 0. The molecule has 1 aromatic heterocycles. The van der Waals surface area contributed by atoms with Gasteiger partial charge in [-0.2, -0.15) is 4.80 Å². The van der Waals surface area contributed by atoms with Gasteiger partial charge in [0.05, 0.1) is 7.05 Å². The van der Waals surface area contributed by atoms with Gasteiger partial charge in [-0.15, -0.1) is 34.2 Å². The SMILES string of the molecule is Cn1nnc(CN=C(N)NC2CCCC2)n1.I. The van der Waals surface area contributed by atoms with Crippen molar-refractivity contribution in [1.29, 1.82) is 0 Å². The first-order chi connectivity index (χ1) is 7.74. The standard InChI is InChI=1S/C9H17N7.HI/c1-16-14-8(13-15-16)6-11-9(10)12-7-4-2-3-5-7;/h7H,2-6H2,1H3,(H3,10,11,12);1H. The van der Waals surface area contributed by atoms with Crippen LogP contribution in [0.1, 0.15) is 31.5 Å². The van der Waals surface area contributed by atoms with Gasteiger partial charge in [0.15, 0.2) is 11.8 Å². The monoisotopic (exact) mass is 351 g/mol. The Labute approximate surface area is 117 Å². The van der Waals surface area contributed by atoms with Gasteiger partial charge in [-0.1, -0.05) is 12.8 Å². The molecule has 0 atom stereocenters. The highest BCUT2D eigenvalue weighted by atomic mass is 127. The molecule has 0 unspecified atom stereocenters. The molecule has 7 nitrogen and oxygen atoms in total. The van der Waals surface area contributed by atoms with Gasteiger partial charge in [-0.3, -0.25) is 0 Å². The number of nitrogens with two attached hydrogens (primary N) is 1. The maximum Gasteiger partial charge on any atom is 0.196 e. The van der Waals surface area contributed by atoms with Crippen molar-refractivity contribution in [2.75, 3.05) is 0 Å². The van der Waals surface area contributed by atoms with Crippen LogP contribution in [0.3, 0.4) is 0 Å². The normalized spacial score (nSPS) is 16.9. The first-order valence-electron chi connectivity index (χ1n) is 5.53. The highest BCUT2D eigenvalue weighted by Crippen LogP contribution is 2.17. The fraction of sp³-hybridized carbons (Fsp3) is 0.778. The van der Waals surface area contributed by atoms with Crippen LogP contribution in [0.25, 0.3) is 0 Å². The fourth-order valence-electron chi connectivity index (χ4n) is 1.87. The smallest absolute Gasteiger partial charge is 0.196 e. The number of aryl methyl sites for hydroxylation is 1. The van der Waals surface area contributed by atoms with E-state index in [1.165, 1.54) is 30.5 Å². The summed E-state index contributed by atoms with van der Waals surface area (Å²) in [5.74, 6) is 1.05. The van der Waals surface area contributed by atoms with E-state index in [0.29, 0.717) is 24.4 Å². The molecule has 0 radical (unpaired) electrons. The van der Waals surface area contributed by atoms with Crippen LogP contribution in [0, 0.1) is 0 Å². The van der Waals surface area contributed by atoms with Gasteiger partial charge >= 0.3 is 0 Å². The minimum absolute atomic E-state index is 0. The molecule has 0 saturated heterocycles. The number of hydrogen-bond acceptors (Lipinski definition) is 4. The summed E-state index contributed by atoms with van der Waals surface area (Å²) in [6.07, 6.45) is 4.91. The number of aliphatic imine (C=N–C) groups is 1. The van der Waals surface area contributed by atoms with Gasteiger partial charge in [0.25, 0.3) is 0 Å². The summed E-state index contributed by atoms with van der Waals surface area (Å²) in [4.78, 5) is 5.58. The van der Waals surface area contributed by atoms with Gasteiger partial charge in [-0.25, -0.2) is 4.99 Å². The first-order valence-corrected chi connectivity index (χ1v) is 5.53. The van der Waals surface area contributed by atoms with E-state index in [-0.39, 0.29) is 24.0 Å². The molecule has 1 aromatic rings. The van der Waals surface area contributed by atoms with E-state index < -0.39 is 0 Å². The molecular formula is C9H18IN7. The maximum atomic E-state index is 5.76. The minimum atomic E-state index is 0. The lowest BCUT2D eigenvalue weighted by atomic mass is 10.2. The topological polar surface area (TPSA) is 94.0 Å². The second-order valence-corrected chi connectivity index (χ2v) is 4.02. The van der Waals surface area contributed by atoms with E-state index in [1.807, 2.05) is 0 Å². The third-order valence-corrected chi connectivity index (χ3v) is 2.65. The van der Waals surface area contributed by atoms with Crippen molar-refractivity contribution in [1.82, 2.24) is 25.5 Å². The average molecular weight is 351 g/mol. The number of hydrogen-bond donors (Lipinski definition) is 2. The molecule has 1 heterocycles. The second-order valence-electron chi connectivity index (χ2n) is 4.02. The predicted molar refractivity (Wildman–Crippen MR) is 74.9 cm³/mol. The Morgan fingerprint density at radius 2 is 2.24 bits per heavy atom. The van der Waals surface area contributed by atoms with Gasteiger partial charge in [0.2, 0.25) is 0 Å². The number of rotatable bonds is 3. The van der Waals surface area contributed by atoms with Gasteiger partial charge < -0.3 is 11.1 Å². The van der Waals surface area contributed by atoms with E-state index in [9.17, 15) is 0 Å². The Kier molecular flexibility index (Phi) is 5.59. The fourth-order valence-corrected chi connectivity index (χ4v) is 1.87. The lowest BCUT2D eigenvalue weighted by Gasteiger charge is -2.11. The van der Waals surface area contributed by atoms with Crippen molar-refractivity contribution in [3.05, 3.63) is 5.82 Å².